The third kappa shape index (κ3) is 3.12. The SMILES string of the molecule is Nc1cccc(F)c1C(=O)NNc1ccc(Cl)c(Cl)c1. The van der Waals surface area contributed by atoms with E-state index in [4.69, 9.17) is 28.9 Å². The van der Waals surface area contributed by atoms with E-state index in [-0.39, 0.29) is 11.3 Å². The lowest BCUT2D eigenvalue weighted by atomic mass is 10.1. The van der Waals surface area contributed by atoms with Gasteiger partial charge in [-0.15, -0.1) is 0 Å². The van der Waals surface area contributed by atoms with Crippen molar-refractivity contribution in [1.82, 2.24) is 5.43 Å². The van der Waals surface area contributed by atoms with Crippen molar-refractivity contribution in [2.24, 2.45) is 0 Å². The summed E-state index contributed by atoms with van der Waals surface area (Å²) in [5.41, 5.74) is 10.8. The van der Waals surface area contributed by atoms with Gasteiger partial charge >= 0.3 is 0 Å². The van der Waals surface area contributed by atoms with Gasteiger partial charge in [0, 0.05) is 5.69 Å². The molecule has 2 aromatic rings. The standard InChI is InChI=1S/C13H10Cl2FN3O/c14-8-5-4-7(6-9(8)15)18-19-13(20)12-10(16)2-1-3-11(12)17/h1-6,18H,17H2,(H,19,20). The van der Waals surface area contributed by atoms with Gasteiger partial charge in [-0.1, -0.05) is 29.3 Å². The second-order valence-corrected chi connectivity index (χ2v) is 4.73. The molecule has 104 valence electrons. The van der Waals surface area contributed by atoms with E-state index in [1.165, 1.54) is 18.2 Å². The molecule has 0 saturated heterocycles. The number of carbonyl (C=O) groups excluding carboxylic acids is 1. The van der Waals surface area contributed by atoms with Gasteiger partial charge in [0.15, 0.2) is 0 Å². The molecule has 20 heavy (non-hydrogen) atoms. The van der Waals surface area contributed by atoms with E-state index in [9.17, 15) is 9.18 Å². The first-order valence-electron chi connectivity index (χ1n) is 5.54. The van der Waals surface area contributed by atoms with Gasteiger partial charge in [-0.2, -0.15) is 0 Å². The molecule has 0 radical (unpaired) electrons. The smallest absolute Gasteiger partial charge is 0.274 e. The molecular formula is C13H10Cl2FN3O. The Kier molecular flexibility index (Phi) is 4.32. The second-order valence-electron chi connectivity index (χ2n) is 3.91. The van der Waals surface area contributed by atoms with Gasteiger partial charge in [0.1, 0.15) is 5.82 Å². The molecule has 0 bridgehead atoms. The highest BCUT2D eigenvalue weighted by molar-refractivity contribution is 6.42. The van der Waals surface area contributed by atoms with E-state index >= 15 is 0 Å². The molecule has 2 rings (SSSR count). The Morgan fingerprint density at radius 1 is 1.15 bits per heavy atom. The molecule has 0 aliphatic carbocycles. The number of rotatable bonds is 3. The predicted molar refractivity (Wildman–Crippen MR) is 78.4 cm³/mol. The molecule has 0 aliphatic heterocycles. The zero-order valence-corrected chi connectivity index (χ0v) is 11.6. The average molecular weight is 314 g/mol. The summed E-state index contributed by atoms with van der Waals surface area (Å²) in [6.45, 7) is 0. The molecule has 0 unspecified atom stereocenters. The third-order valence-electron chi connectivity index (χ3n) is 2.51. The van der Waals surface area contributed by atoms with Crippen molar-refractivity contribution in [2.75, 3.05) is 11.2 Å². The number of benzene rings is 2. The summed E-state index contributed by atoms with van der Waals surface area (Å²) < 4.78 is 13.5. The molecule has 0 fully saturated rings. The van der Waals surface area contributed by atoms with E-state index in [1.54, 1.807) is 12.1 Å². The molecule has 0 heterocycles. The quantitative estimate of drug-likeness (QED) is 0.600. The van der Waals surface area contributed by atoms with Crippen molar-refractivity contribution < 1.29 is 9.18 Å². The van der Waals surface area contributed by atoms with Gasteiger partial charge < -0.3 is 5.73 Å². The number of hydrazine groups is 1. The molecule has 4 N–H and O–H groups in total. The number of amides is 1. The molecule has 0 spiro atoms. The maximum atomic E-state index is 13.5. The number of nitrogens with two attached hydrogens (primary N) is 1. The summed E-state index contributed by atoms with van der Waals surface area (Å²) in [6, 6.07) is 8.72. The molecular weight excluding hydrogens is 304 g/mol. The number of nitrogens with one attached hydrogen (secondary N) is 2. The van der Waals surface area contributed by atoms with Crippen molar-refractivity contribution >= 4 is 40.5 Å². The topological polar surface area (TPSA) is 67.2 Å². The molecule has 2 aromatic carbocycles. The van der Waals surface area contributed by atoms with Crippen LogP contribution in [0.1, 0.15) is 10.4 Å². The van der Waals surface area contributed by atoms with E-state index in [0.29, 0.717) is 15.7 Å². The van der Waals surface area contributed by atoms with E-state index in [1.807, 2.05) is 0 Å². The maximum Gasteiger partial charge on any atom is 0.274 e. The van der Waals surface area contributed by atoms with E-state index < -0.39 is 11.7 Å². The minimum Gasteiger partial charge on any atom is -0.398 e. The van der Waals surface area contributed by atoms with E-state index in [2.05, 4.69) is 10.9 Å². The van der Waals surface area contributed by atoms with Crippen LogP contribution in [0.5, 0.6) is 0 Å². The predicted octanol–water partition coefficient (Wildman–Crippen LogP) is 3.47. The first kappa shape index (κ1) is 14.4. The summed E-state index contributed by atoms with van der Waals surface area (Å²) in [4.78, 5) is 11.9. The Balaban J connectivity index is 2.11. The Labute approximate surface area is 124 Å². The summed E-state index contributed by atoms with van der Waals surface area (Å²) in [6.07, 6.45) is 0. The van der Waals surface area contributed by atoms with Crippen LogP contribution in [0.2, 0.25) is 10.0 Å². The monoisotopic (exact) mass is 313 g/mol. The molecule has 0 aliphatic rings. The third-order valence-corrected chi connectivity index (χ3v) is 3.25. The zero-order chi connectivity index (χ0) is 14.7. The van der Waals surface area contributed by atoms with Gasteiger partial charge in [0.2, 0.25) is 0 Å². The highest BCUT2D eigenvalue weighted by Gasteiger charge is 2.14. The van der Waals surface area contributed by atoms with Crippen LogP contribution in [-0.4, -0.2) is 5.91 Å². The van der Waals surface area contributed by atoms with Gasteiger partial charge in [-0.05, 0) is 30.3 Å². The lowest BCUT2D eigenvalue weighted by molar-refractivity contribution is 0.0959. The fourth-order valence-corrected chi connectivity index (χ4v) is 1.84. The fraction of sp³-hybridized carbons (Fsp3) is 0. The lowest BCUT2D eigenvalue weighted by Gasteiger charge is -2.11. The lowest BCUT2D eigenvalue weighted by Crippen LogP contribution is -2.30. The molecule has 0 atom stereocenters. The van der Waals surface area contributed by atoms with Gasteiger partial charge in [-0.3, -0.25) is 15.6 Å². The number of hydrogen-bond donors (Lipinski definition) is 3. The number of nitrogen functional groups attached to an aromatic ring is 1. The van der Waals surface area contributed by atoms with Gasteiger partial charge in [-0.25, -0.2) is 4.39 Å². The van der Waals surface area contributed by atoms with Crippen molar-refractivity contribution in [2.45, 2.75) is 0 Å². The first-order valence-corrected chi connectivity index (χ1v) is 6.30. The van der Waals surface area contributed by atoms with Crippen LogP contribution in [0.3, 0.4) is 0 Å². The Morgan fingerprint density at radius 2 is 1.90 bits per heavy atom. The first-order chi connectivity index (χ1) is 9.49. The number of hydrogen-bond acceptors (Lipinski definition) is 3. The summed E-state index contributed by atoms with van der Waals surface area (Å²) in [7, 11) is 0. The van der Waals surface area contributed by atoms with E-state index in [0.717, 1.165) is 6.07 Å². The Morgan fingerprint density at radius 3 is 2.55 bits per heavy atom. The van der Waals surface area contributed by atoms with Crippen LogP contribution in [0.4, 0.5) is 15.8 Å². The number of halogens is 3. The summed E-state index contributed by atoms with van der Waals surface area (Å²) in [5.74, 6) is -1.38. The minimum absolute atomic E-state index is 0.0541. The highest BCUT2D eigenvalue weighted by atomic mass is 35.5. The number of anilines is 2. The van der Waals surface area contributed by atoms with Crippen molar-refractivity contribution in [3.63, 3.8) is 0 Å². The van der Waals surface area contributed by atoms with Crippen LogP contribution in [0, 0.1) is 5.82 Å². The second kappa shape index (κ2) is 5.98. The summed E-state index contributed by atoms with van der Waals surface area (Å²) in [5, 5.41) is 0.721. The Bertz CT molecular complexity index is 644. The molecule has 4 nitrogen and oxygen atoms in total. The highest BCUT2D eigenvalue weighted by Crippen LogP contribution is 2.24. The molecule has 1 amide bonds. The zero-order valence-electron chi connectivity index (χ0n) is 10.1. The van der Waals surface area contributed by atoms with Gasteiger partial charge in [0.25, 0.3) is 5.91 Å². The number of carbonyl (C=O) groups is 1. The summed E-state index contributed by atoms with van der Waals surface area (Å²) >= 11 is 11.6. The van der Waals surface area contributed by atoms with Crippen molar-refractivity contribution in [1.29, 1.82) is 0 Å². The molecule has 0 aromatic heterocycles. The fourth-order valence-electron chi connectivity index (χ4n) is 1.55. The van der Waals surface area contributed by atoms with Crippen LogP contribution in [-0.2, 0) is 0 Å². The average Bonchev–Trinajstić information content (AvgIpc) is 2.40. The van der Waals surface area contributed by atoms with Crippen LogP contribution >= 0.6 is 23.2 Å². The Hall–Kier alpha value is -1.98. The van der Waals surface area contributed by atoms with Crippen LogP contribution < -0.4 is 16.6 Å². The van der Waals surface area contributed by atoms with Crippen LogP contribution in [0.15, 0.2) is 36.4 Å². The van der Waals surface area contributed by atoms with Crippen molar-refractivity contribution in [3.8, 4) is 0 Å². The van der Waals surface area contributed by atoms with Gasteiger partial charge in [0.05, 0.1) is 21.3 Å². The minimum atomic E-state index is -0.696. The normalized spacial score (nSPS) is 10.2. The molecule has 0 saturated carbocycles. The van der Waals surface area contributed by atoms with Crippen LogP contribution in [0.25, 0.3) is 0 Å². The largest absolute Gasteiger partial charge is 0.398 e. The maximum absolute atomic E-state index is 13.5. The van der Waals surface area contributed by atoms with Crippen molar-refractivity contribution in [3.05, 3.63) is 57.8 Å². The molecule has 7 heteroatoms.